The predicted octanol–water partition coefficient (Wildman–Crippen LogP) is 2.13. The van der Waals surface area contributed by atoms with Gasteiger partial charge in [-0.05, 0) is 46.0 Å². The Kier molecular flexibility index (Phi) is 6.87. The van der Waals surface area contributed by atoms with Gasteiger partial charge < -0.3 is 15.2 Å². The van der Waals surface area contributed by atoms with E-state index in [0.717, 1.165) is 15.8 Å². The van der Waals surface area contributed by atoms with Gasteiger partial charge in [-0.1, -0.05) is 13.0 Å². The van der Waals surface area contributed by atoms with Crippen molar-refractivity contribution in [3.05, 3.63) is 28.2 Å². The van der Waals surface area contributed by atoms with Crippen molar-refractivity contribution < 1.29 is 14.6 Å². The number of carbonyl (C=O) groups excluding carboxylic acids is 1. The Morgan fingerprint density at radius 2 is 2.26 bits per heavy atom. The normalized spacial score (nSPS) is 12.0. The van der Waals surface area contributed by atoms with E-state index in [0.29, 0.717) is 19.4 Å². The van der Waals surface area contributed by atoms with Crippen LogP contribution in [0.3, 0.4) is 0 Å². The summed E-state index contributed by atoms with van der Waals surface area (Å²) < 4.78 is 6.04. The number of aliphatic hydroxyl groups excluding tert-OH is 1. The molecule has 5 heteroatoms. The molecule has 19 heavy (non-hydrogen) atoms. The van der Waals surface area contributed by atoms with E-state index in [1.165, 1.54) is 0 Å². The zero-order valence-electron chi connectivity index (χ0n) is 11.3. The van der Waals surface area contributed by atoms with Crippen LogP contribution in [0.15, 0.2) is 22.7 Å². The molecule has 0 radical (unpaired) electrons. The first-order chi connectivity index (χ1) is 9.06. The highest BCUT2D eigenvalue weighted by Crippen LogP contribution is 2.25. The summed E-state index contributed by atoms with van der Waals surface area (Å²) in [6.07, 6.45) is 1.12. The van der Waals surface area contributed by atoms with Crippen molar-refractivity contribution in [2.24, 2.45) is 5.92 Å². The molecule has 0 heterocycles. The monoisotopic (exact) mass is 329 g/mol. The van der Waals surface area contributed by atoms with Crippen LogP contribution in [0.4, 0.5) is 0 Å². The summed E-state index contributed by atoms with van der Waals surface area (Å²) in [5.41, 5.74) is 1.08. The quantitative estimate of drug-likeness (QED) is 0.805. The van der Waals surface area contributed by atoms with Gasteiger partial charge in [0.15, 0.2) is 0 Å². The highest BCUT2D eigenvalue weighted by Gasteiger charge is 2.06. The van der Waals surface area contributed by atoms with Gasteiger partial charge in [0.2, 0.25) is 5.91 Å². The zero-order chi connectivity index (χ0) is 14.3. The van der Waals surface area contributed by atoms with E-state index in [4.69, 9.17) is 9.84 Å². The maximum Gasteiger partial charge on any atom is 0.220 e. The summed E-state index contributed by atoms with van der Waals surface area (Å²) in [5, 5.41) is 11.7. The number of ether oxygens (including phenoxy) is 1. The lowest BCUT2D eigenvalue weighted by molar-refractivity contribution is -0.121. The smallest absolute Gasteiger partial charge is 0.220 e. The number of aryl methyl sites for hydroxylation is 1. The van der Waals surface area contributed by atoms with Gasteiger partial charge in [0.05, 0.1) is 11.6 Å². The third-order valence-electron chi connectivity index (χ3n) is 2.82. The molecular formula is C14H20BrNO3. The number of rotatable bonds is 7. The lowest BCUT2D eigenvalue weighted by Gasteiger charge is -2.10. The van der Waals surface area contributed by atoms with Crippen molar-refractivity contribution in [2.45, 2.75) is 19.8 Å². The molecule has 0 saturated heterocycles. The largest absolute Gasteiger partial charge is 0.496 e. The molecule has 0 saturated carbocycles. The fourth-order valence-corrected chi connectivity index (χ4v) is 2.15. The van der Waals surface area contributed by atoms with Crippen molar-refractivity contribution in [1.29, 1.82) is 0 Å². The molecule has 1 amide bonds. The van der Waals surface area contributed by atoms with Crippen LogP contribution in [0.5, 0.6) is 5.75 Å². The molecule has 0 aliphatic carbocycles. The summed E-state index contributed by atoms with van der Waals surface area (Å²) in [6, 6.07) is 5.79. The van der Waals surface area contributed by atoms with E-state index in [-0.39, 0.29) is 18.4 Å². The zero-order valence-corrected chi connectivity index (χ0v) is 12.9. The first-order valence-electron chi connectivity index (χ1n) is 6.26. The van der Waals surface area contributed by atoms with Gasteiger partial charge >= 0.3 is 0 Å². The third kappa shape index (κ3) is 5.61. The molecule has 1 aromatic rings. The van der Waals surface area contributed by atoms with E-state index < -0.39 is 0 Å². The minimum Gasteiger partial charge on any atom is -0.496 e. The van der Waals surface area contributed by atoms with Crippen LogP contribution in [0, 0.1) is 5.92 Å². The van der Waals surface area contributed by atoms with Crippen molar-refractivity contribution in [2.75, 3.05) is 20.3 Å². The Labute approximate surface area is 122 Å². The first-order valence-corrected chi connectivity index (χ1v) is 7.06. The molecule has 1 aromatic carbocycles. The number of benzene rings is 1. The second-order valence-corrected chi connectivity index (χ2v) is 5.42. The average molecular weight is 330 g/mol. The van der Waals surface area contributed by atoms with Gasteiger partial charge in [-0.15, -0.1) is 0 Å². The Balaban J connectivity index is 2.40. The predicted molar refractivity (Wildman–Crippen MR) is 78.3 cm³/mol. The van der Waals surface area contributed by atoms with Crippen molar-refractivity contribution in [3.8, 4) is 5.75 Å². The van der Waals surface area contributed by atoms with Gasteiger partial charge in [-0.3, -0.25) is 4.79 Å². The van der Waals surface area contributed by atoms with Crippen molar-refractivity contribution in [3.63, 3.8) is 0 Å². The Bertz CT molecular complexity index is 423. The Morgan fingerprint density at radius 3 is 2.84 bits per heavy atom. The lowest BCUT2D eigenvalue weighted by Crippen LogP contribution is -2.29. The van der Waals surface area contributed by atoms with Crippen LogP contribution >= 0.6 is 15.9 Å². The molecule has 0 fully saturated rings. The van der Waals surface area contributed by atoms with Crippen LogP contribution < -0.4 is 10.1 Å². The molecular weight excluding hydrogens is 310 g/mol. The molecule has 4 nitrogen and oxygen atoms in total. The number of amides is 1. The molecule has 0 aromatic heterocycles. The molecule has 1 rings (SSSR count). The fraction of sp³-hybridized carbons (Fsp3) is 0.500. The van der Waals surface area contributed by atoms with E-state index in [2.05, 4.69) is 21.2 Å². The second-order valence-electron chi connectivity index (χ2n) is 4.56. The van der Waals surface area contributed by atoms with Crippen LogP contribution in [0.25, 0.3) is 0 Å². The number of carbonyl (C=O) groups is 1. The molecule has 0 aliphatic rings. The standard InChI is InChI=1S/C14H20BrNO3/c1-10(9-17)8-16-14(18)6-4-11-3-5-13(19-2)12(15)7-11/h3,5,7,10,17H,4,6,8-9H2,1-2H3,(H,16,18). The summed E-state index contributed by atoms with van der Waals surface area (Å²) in [5.74, 6) is 0.885. The number of halogens is 1. The fourth-order valence-electron chi connectivity index (χ4n) is 1.56. The van der Waals surface area contributed by atoms with E-state index in [1.807, 2.05) is 25.1 Å². The highest BCUT2D eigenvalue weighted by atomic mass is 79.9. The third-order valence-corrected chi connectivity index (χ3v) is 3.44. The van der Waals surface area contributed by atoms with Gasteiger partial charge in [0.25, 0.3) is 0 Å². The number of methoxy groups -OCH3 is 1. The topological polar surface area (TPSA) is 58.6 Å². The first kappa shape index (κ1) is 16.0. The van der Waals surface area contributed by atoms with Gasteiger partial charge in [0, 0.05) is 19.6 Å². The summed E-state index contributed by atoms with van der Waals surface area (Å²) >= 11 is 3.42. The van der Waals surface area contributed by atoms with Crippen LogP contribution in [0.2, 0.25) is 0 Å². The minimum absolute atomic E-state index is 0.00670. The minimum atomic E-state index is 0.00670. The number of nitrogens with one attached hydrogen (secondary N) is 1. The molecule has 1 unspecified atom stereocenters. The number of aliphatic hydroxyl groups is 1. The molecule has 106 valence electrons. The van der Waals surface area contributed by atoms with Crippen LogP contribution in [-0.2, 0) is 11.2 Å². The Hall–Kier alpha value is -1.07. The van der Waals surface area contributed by atoms with Crippen molar-refractivity contribution in [1.82, 2.24) is 5.32 Å². The highest BCUT2D eigenvalue weighted by molar-refractivity contribution is 9.10. The maximum absolute atomic E-state index is 11.6. The summed E-state index contributed by atoms with van der Waals surface area (Å²) in [4.78, 5) is 11.6. The SMILES string of the molecule is COc1ccc(CCC(=O)NCC(C)CO)cc1Br. The number of hydrogen-bond acceptors (Lipinski definition) is 3. The van der Waals surface area contributed by atoms with E-state index >= 15 is 0 Å². The van der Waals surface area contributed by atoms with Gasteiger partial charge in [0.1, 0.15) is 5.75 Å². The summed E-state index contributed by atoms with van der Waals surface area (Å²) in [7, 11) is 1.62. The van der Waals surface area contributed by atoms with Gasteiger partial charge in [-0.25, -0.2) is 0 Å². The molecule has 0 aliphatic heterocycles. The lowest BCUT2D eigenvalue weighted by atomic mass is 10.1. The van der Waals surface area contributed by atoms with Crippen LogP contribution in [0.1, 0.15) is 18.9 Å². The van der Waals surface area contributed by atoms with E-state index in [1.54, 1.807) is 7.11 Å². The molecule has 1 atom stereocenters. The molecule has 0 bridgehead atoms. The average Bonchev–Trinajstić information content (AvgIpc) is 2.42. The number of hydrogen-bond donors (Lipinski definition) is 2. The van der Waals surface area contributed by atoms with Gasteiger partial charge in [-0.2, -0.15) is 0 Å². The maximum atomic E-state index is 11.6. The second kappa shape index (κ2) is 8.17. The molecule has 2 N–H and O–H groups in total. The summed E-state index contributed by atoms with van der Waals surface area (Å²) in [6.45, 7) is 2.49. The van der Waals surface area contributed by atoms with Crippen molar-refractivity contribution >= 4 is 21.8 Å². The Morgan fingerprint density at radius 1 is 1.53 bits per heavy atom. The molecule has 0 spiro atoms. The van der Waals surface area contributed by atoms with Crippen LogP contribution in [-0.4, -0.2) is 31.3 Å². The van der Waals surface area contributed by atoms with E-state index in [9.17, 15) is 4.79 Å².